The number of fused-ring (bicyclic) bond motifs is 1. The lowest BCUT2D eigenvalue weighted by atomic mass is 10.0. The first kappa shape index (κ1) is 13.4. The van der Waals surface area contributed by atoms with Gasteiger partial charge in [0, 0.05) is 10.9 Å². The fourth-order valence-corrected chi connectivity index (χ4v) is 4.27. The second-order valence-corrected chi connectivity index (χ2v) is 7.27. The second kappa shape index (κ2) is 5.18. The molecule has 1 N–H and O–H groups in total. The van der Waals surface area contributed by atoms with Crippen LogP contribution in [0.5, 0.6) is 0 Å². The molecule has 2 aliphatic carbocycles. The van der Waals surface area contributed by atoms with Crippen molar-refractivity contribution in [3.05, 3.63) is 50.7 Å². The van der Waals surface area contributed by atoms with E-state index in [0.29, 0.717) is 6.04 Å². The summed E-state index contributed by atoms with van der Waals surface area (Å²) in [5, 5.41) is 4.77. The predicted octanol–water partition coefficient (Wildman–Crippen LogP) is 3.92. The Bertz CT molecular complexity index is 654. The molecule has 4 heteroatoms. The van der Waals surface area contributed by atoms with E-state index in [1.807, 2.05) is 17.4 Å². The van der Waals surface area contributed by atoms with Crippen molar-refractivity contribution in [1.82, 2.24) is 10.3 Å². The summed E-state index contributed by atoms with van der Waals surface area (Å²) in [6.45, 7) is 2.05. The van der Waals surface area contributed by atoms with Crippen molar-refractivity contribution < 1.29 is 4.39 Å². The lowest BCUT2D eigenvalue weighted by Crippen LogP contribution is -2.25. The molecule has 2 aromatic rings. The number of hydrogen-bond donors (Lipinski definition) is 1. The van der Waals surface area contributed by atoms with Gasteiger partial charge in [0.25, 0.3) is 0 Å². The van der Waals surface area contributed by atoms with Gasteiger partial charge in [-0.25, -0.2) is 9.37 Å². The highest BCUT2D eigenvalue weighted by Crippen LogP contribution is 2.36. The summed E-state index contributed by atoms with van der Waals surface area (Å²) in [5.74, 6) is -0.165. The molecule has 0 amide bonds. The Morgan fingerprint density at radius 3 is 2.95 bits per heavy atom. The smallest absolute Gasteiger partial charge is 0.123 e. The minimum atomic E-state index is -0.165. The molecule has 0 aliphatic heterocycles. The molecule has 1 unspecified atom stereocenters. The van der Waals surface area contributed by atoms with Gasteiger partial charge < -0.3 is 5.32 Å². The summed E-state index contributed by atoms with van der Waals surface area (Å²) in [6.07, 6.45) is 5.93. The first-order valence-electron chi connectivity index (χ1n) is 7.71. The van der Waals surface area contributed by atoms with Crippen molar-refractivity contribution in [3.8, 4) is 0 Å². The molecule has 0 bridgehead atoms. The van der Waals surface area contributed by atoms with Crippen molar-refractivity contribution in [2.24, 2.45) is 0 Å². The van der Waals surface area contributed by atoms with Crippen LogP contribution in [0, 0.1) is 12.7 Å². The molecule has 4 rings (SSSR count). The number of hydrogen-bond acceptors (Lipinski definition) is 3. The zero-order chi connectivity index (χ0) is 14.4. The highest BCUT2D eigenvalue weighted by atomic mass is 32.1. The third-order valence-electron chi connectivity index (χ3n) is 4.39. The SMILES string of the molecule is Cc1ccc(F)cc1C(NC1CC1)c1nc2c(s1)CCC2. The van der Waals surface area contributed by atoms with E-state index < -0.39 is 0 Å². The molecule has 1 heterocycles. The molecule has 1 atom stereocenters. The van der Waals surface area contributed by atoms with Crippen LogP contribution >= 0.6 is 11.3 Å². The van der Waals surface area contributed by atoms with Crippen molar-refractivity contribution in [3.63, 3.8) is 0 Å². The van der Waals surface area contributed by atoms with Crippen LogP contribution in [-0.4, -0.2) is 11.0 Å². The summed E-state index contributed by atoms with van der Waals surface area (Å²) in [6, 6.07) is 5.68. The number of aryl methyl sites for hydroxylation is 3. The number of nitrogens with one attached hydrogen (secondary N) is 1. The van der Waals surface area contributed by atoms with Crippen molar-refractivity contribution >= 4 is 11.3 Å². The highest BCUT2D eigenvalue weighted by molar-refractivity contribution is 7.11. The summed E-state index contributed by atoms with van der Waals surface area (Å²) < 4.78 is 13.7. The van der Waals surface area contributed by atoms with Crippen molar-refractivity contribution in [2.45, 2.75) is 51.1 Å². The van der Waals surface area contributed by atoms with Gasteiger partial charge in [0.05, 0.1) is 11.7 Å². The number of benzene rings is 1. The van der Waals surface area contributed by atoms with E-state index in [9.17, 15) is 4.39 Å². The quantitative estimate of drug-likeness (QED) is 0.926. The van der Waals surface area contributed by atoms with Gasteiger partial charge >= 0.3 is 0 Å². The highest BCUT2D eigenvalue weighted by Gasteiger charge is 2.30. The Kier molecular flexibility index (Phi) is 3.31. The Morgan fingerprint density at radius 1 is 1.33 bits per heavy atom. The third-order valence-corrected chi connectivity index (χ3v) is 5.61. The van der Waals surface area contributed by atoms with Crippen LogP contribution in [0.3, 0.4) is 0 Å². The Hall–Kier alpha value is -1.26. The fraction of sp³-hybridized carbons (Fsp3) is 0.471. The van der Waals surface area contributed by atoms with E-state index in [4.69, 9.17) is 4.98 Å². The van der Waals surface area contributed by atoms with Gasteiger partial charge in [0.2, 0.25) is 0 Å². The number of aromatic nitrogens is 1. The molecule has 2 nitrogen and oxygen atoms in total. The van der Waals surface area contributed by atoms with E-state index in [2.05, 4.69) is 12.2 Å². The number of halogens is 1. The Labute approximate surface area is 128 Å². The van der Waals surface area contributed by atoms with Gasteiger partial charge in [-0.2, -0.15) is 0 Å². The van der Waals surface area contributed by atoms with Crippen molar-refractivity contribution in [1.29, 1.82) is 0 Å². The topological polar surface area (TPSA) is 24.9 Å². The molecule has 1 fully saturated rings. The monoisotopic (exact) mass is 302 g/mol. The minimum absolute atomic E-state index is 0.0452. The molecule has 1 aromatic carbocycles. The first-order valence-corrected chi connectivity index (χ1v) is 8.53. The largest absolute Gasteiger partial charge is 0.301 e. The molecule has 21 heavy (non-hydrogen) atoms. The molecule has 0 radical (unpaired) electrons. The van der Waals surface area contributed by atoms with Crippen LogP contribution < -0.4 is 5.32 Å². The molecule has 0 spiro atoms. The van der Waals surface area contributed by atoms with Crippen LogP contribution in [0.25, 0.3) is 0 Å². The summed E-state index contributed by atoms with van der Waals surface area (Å²) >= 11 is 1.81. The van der Waals surface area contributed by atoms with Crippen molar-refractivity contribution in [2.75, 3.05) is 0 Å². The molecule has 0 saturated heterocycles. The Balaban J connectivity index is 1.74. The van der Waals surface area contributed by atoms with Crippen LogP contribution in [0.4, 0.5) is 4.39 Å². The molecular formula is C17H19FN2S. The van der Waals surface area contributed by atoms with E-state index in [-0.39, 0.29) is 11.9 Å². The van der Waals surface area contributed by atoms with Crippen LogP contribution in [0.1, 0.15) is 52.0 Å². The maximum absolute atomic E-state index is 13.7. The average molecular weight is 302 g/mol. The average Bonchev–Trinajstić information content (AvgIpc) is 3.02. The number of rotatable bonds is 4. The second-order valence-electron chi connectivity index (χ2n) is 6.15. The normalized spacial score (nSPS) is 18.8. The zero-order valence-corrected chi connectivity index (χ0v) is 13.0. The lowest BCUT2D eigenvalue weighted by molar-refractivity contribution is 0.580. The van der Waals surface area contributed by atoms with Gasteiger partial charge in [0.1, 0.15) is 10.8 Å². The number of nitrogens with zero attached hydrogens (tertiary/aromatic N) is 1. The Morgan fingerprint density at radius 2 is 2.19 bits per heavy atom. The van der Waals surface area contributed by atoms with Crippen LogP contribution in [-0.2, 0) is 12.8 Å². The first-order chi connectivity index (χ1) is 10.2. The van der Waals surface area contributed by atoms with Crippen LogP contribution in [0.15, 0.2) is 18.2 Å². The van der Waals surface area contributed by atoms with Gasteiger partial charge in [-0.3, -0.25) is 0 Å². The van der Waals surface area contributed by atoms with E-state index in [0.717, 1.165) is 29.0 Å². The zero-order valence-electron chi connectivity index (χ0n) is 12.2. The maximum Gasteiger partial charge on any atom is 0.123 e. The molecule has 1 saturated carbocycles. The van der Waals surface area contributed by atoms with Gasteiger partial charge in [0.15, 0.2) is 0 Å². The van der Waals surface area contributed by atoms with Gasteiger partial charge in [-0.05, 0) is 62.3 Å². The van der Waals surface area contributed by atoms with Gasteiger partial charge in [-0.15, -0.1) is 11.3 Å². The van der Waals surface area contributed by atoms with Crippen LogP contribution in [0.2, 0.25) is 0 Å². The van der Waals surface area contributed by atoms with E-state index in [1.165, 1.54) is 35.9 Å². The molecule has 110 valence electrons. The molecule has 2 aliphatic rings. The summed E-state index contributed by atoms with van der Waals surface area (Å²) in [7, 11) is 0. The van der Waals surface area contributed by atoms with Gasteiger partial charge in [-0.1, -0.05) is 6.07 Å². The summed E-state index contributed by atoms with van der Waals surface area (Å²) in [4.78, 5) is 6.28. The molecule has 1 aromatic heterocycles. The lowest BCUT2D eigenvalue weighted by Gasteiger charge is -2.19. The standard InChI is InChI=1S/C17H19FN2S/c1-10-5-6-11(18)9-13(10)16(19-12-7-8-12)17-20-14-3-2-4-15(14)21-17/h5-6,9,12,16,19H,2-4,7-8H2,1H3. The minimum Gasteiger partial charge on any atom is -0.301 e. The fourth-order valence-electron chi connectivity index (χ4n) is 3.04. The van der Waals surface area contributed by atoms with E-state index in [1.54, 1.807) is 6.07 Å². The molecular weight excluding hydrogens is 283 g/mol. The van der Waals surface area contributed by atoms with E-state index >= 15 is 0 Å². The maximum atomic E-state index is 13.7. The predicted molar refractivity (Wildman–Crippen MR) is 83.3 cm³/mol. The third kappa shape index (κ3) is 2.62. The summed E-state index contributed by atoms with van der Waals surface area (Å²) in [5.41, 5.74) is 3.44. The number of thiazole rings is 1.